The maximum absolute atomic E-state index is 13.3. The fraction of sp³-hybridized carbons (Fsp3) is 0.433. The van der Waals surface area contributed by atoms with Gasteiger partial charge in [-0.1, -0.05) is 42.0 Å². The molecule has 42 heavy (non-hydrogen) atoms. The van der Waals surface area contributed by atoms with E-state index < -0.39 is 23.9 Å². The van der Waals surface area contributed by atoms with Crippen molar-refractivity contribution in [2.24, 2.45) is 5.73 Å². The van der Waals surface area contributed by atoms with Crippen molar-refractivity contribution in [2.75, 3.05) is 32.7 Å². The van der Waals surface area contributed by atoms with Crippen LogP contribution in [0.15, 0.2) is 48.5 Å². The number of nitrogens with zero attached hydrogens (tertiary/aromatic N) is 4. The first kappa shape index (κ1) is 29.6. The summed E-state index contributed by atoms with van der Waals surface area (Å²) < 4.78 is 47.3. The van der Waals surface area contributed by atoms with Crippen molar-refractivity contribution in [3.05, 3.63) is 76.5 Å². The summed E-state index contributed by atoms with van der Waals surface area (Å²) in [6, 6.07) is 12.6. The highest BCUT2D eigenvalue weighted by atomic mass is 19.4. The molecule has 12 heteroatoms. The first-order chi connectivity index (χ1) is 20.0. The van der Waals surface area contributed by atoms with Crippen LogP contribution in [0.25, 0.3) is 11.3 Å². The number of nitrogens with one attached hydrogen (secondary N) is 1. The zero-order valence-electron chi connectivity index (χ0n) is 23.7. The van der Waals surface area contributed by atoms with Gasteiger partial charge in [0.05, 0.1) is 23.8 Å². The average Bonchev–Trinajstić information content (AvgIpc) is 3.31. The van der Waals surface area contributed by atoms with Crippen molar-refractivity contribution >= 4 is 12.0 Å². The van der Waals surface area contributed by atoms with Crippen molar-refractivity contribution in [3.63, 3.8) is 0 Å². The van der Waals surface area contributed by atoms with Crippen LogP contribution >= 0.6 is 0 Å². The number of rotatable bonds is 7. The predicted molar refractivity (Wildman–Crippen MR) is 150 cm³/mol. The van der Waals surface area contributed by atoms with Gasteiger partial charge in [0.2, 0.25) is 5.91 Å². The number of alkyl halides is 3. The molecule has 3 aromatic rings. The number of fused-ring (bicyclic) bond motifs is 1. The summed E-state index contributed by atoms with van der Waals surface area (Å²) in [6.07, 6.45) is -5.58. The number of hydrogen-bond donors (Lipinski definition) is 2. The molecule has 1 saturated heterocycles. The van der Waals surface area contributed by atoms with E-state index in [1.807, 2.05) is 31.2 Å². The first-order valence-corrected chi connectivity index (χ1v) is 14.0. The Morgan fingerprint density at radius 3 is 2.31 bits per heavy atom. The van der Waals surface area contributed by atoms with Gasteiger partial charge in [-0.15, -0.1) is 0 Å². The Morgan fingerprint density at radius 2 is 1.71 bits per heavy atom. The fourth-order valence-electron chi connectivity index (χ4n) is 5.87. The second-order valence-corrected chi connectivity index (χ2v) is 10.8. The SMILES string of the molecule is CC(=O)N1CCc2c(c(-c3ccc(C(F)(F)F)cc3)nn2CC(OC(N)=O)C(c2ccc(C)cc2)N2CCNCC2)C1. The van der Waals surface area contributed by atoms with Gasteiger partial charge in [-0.05, 0) is 24.6 Å². The van der Waals surface area contributed by atoms with Gasteiger partial charge in [0.25, 0.3) is 0 Å². The van der Waals surface area contributed by atoms with Crippen LogP contribution in [0, 0.1) is 6.92 Å². The second kappa shape index (κ2) is 12.1. The lowest BCUT2D eigenvalue weighted by Gasteiger charge is -2.39. The molecule has 3 N–H and O–H groups in total. The topological polar surface area (TPSA) is 106 Å². The van der Waals surface area contributed by atoms with Crippen LogP contribution in [0.2, 0.25) is 0 Å². The van der Waals surface area contributed by atoms with Crippen molar-refractivity contribution in [2.45, 2.75) is 51.7 Å². The summed E-state index contributed by atoms with van der Waals surface area (Å²) in [5, 5.41) is 8.22. The van der Waals surface area contributed by atoms with E-state index in [1.165, 1.54) is 19.1 Å². The van der Waals surface area contributed by atoms with E-state index >= 15 is 0 Å². The van der Waals surface area contributed by atoms with Gasteiger partial charge in [-0.25, -0.2) is 4.79 Å². The summed E-state index contributed by atoms with van der Waals surface area (Å²) >= 11 is 0. The molecule has 1 fully saturated rings. The maximum atomic E-state index is 13.3. The van der Waals surface area contributed by atoms with Crippen LogP contribution < -0.4 is 11.1 Å². The third-order valence-electron chi connectivity index (χ3n) is 8.00. The number of aromatic nitrogens is 2. The quantitative estimate of drug-likeness (QED) is 0.437. The molecule has 9 nitrogen and oxygen atoms in total. The Balaban J connectivity index is 1.57. The molecule has 0 aliphatic carbocycles. The zero-order valence-corrected chi connectivity index (χ0v) is 23.7. The number of piperazine rings is 1. The number of carbonyl (C=O) groups excluding carboxylic acids is 2. The van der Waals surface area contributed by atoms with E-state index in [0.29, 0.717) is 24.2 Å². The molecule has 2 aliphatic rings. The Kier molecular flexibility index (Phi) is 8.55. The molecule has 0 saturated carbocycles. The molecular weight excluding hydrogens is 549 g/mol. The van der Waals surface area contributed by atoms with Crippen molar-refractivity contribution < 1.29 is 27.5 Å². The normalized spacial score (nSPS) is 17.4. The smallest absolute Gasteiger partial charge is 0.416 e. The number of benzene rings is 2. The van der Waals surface area contributed by atoms with Gasteiger partial charge < -0.3 is 20.7 Å². The number of aryl methyl sites for hydroxylation is 1. The number of nitrogens with two attached hydrogens (primary N) is 1. The molecule has 2 atom stereocenters. The van der Waals surface area contributed by atoms with Gasteiger partial charge in [-0.3, -0.25) is 14.4 Å². The van der Waals surface area contributed by atoms with E-state index in [-0.39, 0.29) is 25.0 Å². The third-order valence-corrected chi connectivity index (χ3v) is 8.00. The van der Waals surface area contributed by atoms with E-state index in [4.69, 9.17) is 15.6 Å². The number of carbonyl (C=O) groups is 2. The maximum Gasteiger partial charge on any atom is 0.416 e. The Bertz CT molecular complexity index is 1420. The zero-order chi connectivity index (χ0) is 30.0. The lowest BCUT2D eigenvalue weighted by molar-refractivity contribution is -0.137. The van der Waals surface area contributed by atoms with Crippen LogP contribution in [0.5, 0.6) is 0 Å². The van der Waals surface area contributed by atoms with E-state index in [9.17, 15) is 22.8 Å². The second-order valence-electron chi connectivity index (χ2n) is 10.8. The van der Waals surface area contributed by atoms with Crippen molar-refractivity contribution in [1.29, 1.82) is 0 Å². The largest absolute Gasteiger partial charge is 0.442 e. The average molecular weight is 585 g/mol. The van der Waals surface area contributed by atoms with Crippen molar-refractivity contribution in [1.82, 2.24) is 24.9 Å². The van der Waals surface area contributed by atoms with Crippen LogP contribution in [-0.4, -0.2) is 70.4 Å². The van der Waals surface area contributed by atoms with Gasteiger partial charge in [-0.2, -0.15) is 18.3 Å². The summed E-state index contributed by atoms with van der Waals surface area (Å²) in [4.78, 5) is 28.4. The molecule has 1 aromatic heterocycles. The Hall–Kier alpha value is -3.90. The highest BCUT2D eigenvalue weighted by molar-refractivity contribution is 5.74. The van der Waals surface area contributed by atoms with Crippen LogP contribution in [0.1, 0.15) is 40.9 Å². The number of halogens is 3. The Labute approximate surface area is 242 Å². The standard InChI is InChI=1S/C30H35F3N6O3/c1-19-3-5-22(6-4-19)28(37-15-12-35-13-16-37)26(42-29(34)41)18-39-25-11-14-38(20(2)40)17-24(25)27(36-39)21-7-9-23(10-8-21)30(31,32)33/h3-10,26,28,35H,11-18H2,1-2H3,(H2,34,41). The number of ether oxygens (including phenoxy) is 1. The molecule has 3 heterocycles. The summed E-state index contributed by atoms with van der Waals surface area (Å²) in [5.41, 5.74) is 9.53. The molecule has 2 unspecified atom stereocenters. The number of amides is 2. The predicted octanol–water partition coefficient (Wildman–Crippen LogP) is 3.89. The summed E-state index contributed by atoms with van der Waals surface area (Å²) in [5.74, 6) is -0.0974. The third kappa shape index (κ3) is 6.44. The first-order valence-electron chi connectivity index (χ1n) is 14.0. The minimum Gasteiger partial charge on any atom is -0.442 e. The number of primary amides is 1. The molecule has 0 bridgehead atoms. The van der Waals surface area contributed by atoms with Crippen molar-refractivity contribution in [3.8, 4) is 11.3 Å². The summed E-state index contributed by atoms with van der Waals surface area (Å²) in [7, 11) is 0. The lowest BCUT2D eigenvalue weighted by atomic mass is 9.97. The molecule has 224 valence electrons. The fourth-order valence-corrected chi connectivity index (χ4v) is 5.87. The molecule has 2 aromatic carbocycles. The molecule has 2 aliphatic heterocycles. The monoisotopic (exact) mass is 584 g/mol. The molecule has 5 rings (SSSR count). The molecule has 0 radical (unpaired) electrons. The molecule has 0 spiro atoms. The highest BCUT2D eigenvalue weighted by Crippen LogP contribution is 2.35. The van der Waals surface area contributed by atoms with E-state index in [2.05, 4.69) is 10.2 Å². The summed E-state index contributed by atoms with van der Waals surface area (Å²) in [6.45, 7) is 7.45. The van der Waals surface area contributed by atoms with Crippen LogP contribution in [0.3, 0.4) is 0 Å². The molecular formula is C30H35F3N6O3. The number of hydrogen-bond acceptors (Lipinski definition) is 6. The Morgan fingerprint density at radius 1 is 1.05 bits per heavy atom. The highest BCUT2D eigenvalue weighted by Gasteiger charge is 2.36. The van der Waals surface area contributed by atoms with Gasteiger partial charge in [0, 0.05) is 69.4 Å². The van der Waals surface area contributed by atoms with Crippen LogP contribution in [-0.2, 0) is 35.2 Å². The van der Waals surface area contributed by atoms with E-state index in [1.54, 1.807) is 9.58 Å². The van der Waals surface area contributed by atoms with Gasteiger partial charge in [0.15, 0.2) is 0 Å². The van der Waals surface area contributed by atoms with Crippen LogP contribution in [0.4, 0.5) is 18.0 Å². The van der Waals surface area contributed by atoms with Gasteiger partial charge >= 0.3 is 12.3 Å². The van der Waals surface area contributed by atoms with Gasteiger partial charge in [0.1, 0.15) is 6.10 Å². The minimum absolute atomic E-state index is 0.0974. The molecule has 2 amide bonds. The minimum atomic E-state index is -4.46. The lowest BCUT2D eigenvalue weighted by Crippen LogP contribution is -2.50. The van der Waals surface area contributed by atoms with E-state index in [0.717, 1.165) is 60.7 Å².